The molecule has 0 unspecified atom stereocenters. The standard InChI is InChI=1S/C14H22N4O3/c1-4-11(20-2)13(19)17-7-9-18(10-8-17)14-15-6-5-12(16-14)21-3/h5-6,11H,4,7-10H2,1-3H3/t11-/m0/s1. The molecule has 1 aromatic heterocycles. The third kappa shape index (κ3) is 3.60. The predicted octanol–water partition coefficient (Wildman–Crippen LogP) is 0.559. The number of ether oxygens (including phenoxy) is 2. The molecule has 7 heteroatoms. The molecule has 0 aromatic carbocycles. The molecule has 21 heavy (non-hydrogen) atoms. The number of aromatic nitrogens is 2. The molecule has 0 saturated carbocycles. The van der Waals surface area contributed by atoms with E-state index in [1.54, 1.807) is 26.5 Å². The molecular weight excluding hydrogens is 272 g/mol. The van der Waals surface area contributed by atoms with Crippen LogP contribution >= 0.6 is 0 Å². The number of amides is 1. The molecule has 1 aromatic rings. The Labute approximate surface area is 124 Å². The molecule has 0 bridgehead atoms. The zero-order chi connectivity index (χ0) is 15.2. The van der Waals surface area contributed by atoms with Crippen molar-refractivity contribution in [1.29, 1.82) is 0 Å². The Hall–Kier alpha value is -1.89. The van der Waals surface area contributed by atoms with Gasteiger partial charge in [-0.25, -0.2) is 4.98 Å². The molecule has 1 aliphatic heterocycles. The average molecular weight is 294 g/mol. The van der Waals surface area contributed by atoms with Gasteiger partial charge in [0.25, 0.3) is 5.91 Å². The van der Waals surface area contributed by atoms with Gasteiger partial charge in [0.05, 0.1) is 7.11 Å². The van der Waals surface area contributed by atoms with Gasteiger partial charge < -0.3 is 19.3 Å². The fourth-order valence-electron chi connectivity index (χ4n) is 2.37. The first-order chi connectivity index (χ1) is 10.2. The second-order valence-electron chi connectivity index (χ2n) is 4.84. The molecule has 7 nitrogen and oxygen atoms in total. The summed E-state index contributed by atoms with van der Waals surface area (Å²) in [6.45, 7) is 4.67. The van der Waals surface area contributed by atoms with Crippen molar-refractivity contribution in [3.8, 4) is 5.88 Å². The van der Waals surface area contributed by atoms with Crippen molar-refractivity contribution in [2.75, 3.05) is 45.3 Å². The second kappa shape index (κ2) is 7.21. The fourth-order valence-corrected chi connectivity index (χ4v) is 2.37. The summed E-state index contributed by atoms with van der Waals surface area (Å²) >= 11 is 0. The van der Waals surface area contributed by atoms with E-state index in [9.17, 15) is 4.79 Å². The number of methoxy groups -OCH3 is 2. The van der Waals surface area contributed by atoms with Gasteiger partial charge in [0.1, 0.15) is 6.10 Å². The number of hydrogen-bond acceptors (Lipinski definition) is 6. The third-order valence-electron chi connectivity index (χ3n) is 3.63. The third-order valence-corrected chi connectivity index (χ3v) is 3.63. The van der Waals surface area contributed by atoms with E-state index in [-0.39, 0.29) is 12.0 Å². The van der Waals surface area contributed by atoms with Gasteiger partial charge in [-0.3, -0.25) is 4.79 Å². The SMILES string of the molecule is CC[C@H](OC)C(=O)N1CCN(c2nccc(OC)n2)CC1. The van der Waals surface area contributed by atoms with Crippen molar-refractivity contribution in [3.63, 3.8) is 0 Å². The van der Waals surface area contributed by atoms with Crippen molar-refractivity contribution < 1.29 is 14.3 Å². The molecule has 2 rings (SSSR count). The van der Waals surface area contributed by atoms with Gasteiger partial charge in [-0.15, -0.1) is 0 Å². The largest absolute Gasteiger partial charge is 0.481 e. The molecule has 2 heterocycles. The maximum Gasteiger partial charge on any atom is 0.251 e. The lowest BCUT2D eigenvalue weighted by molar-refractivity contribution is -0.142. The summed E-state index contributed by atoms with van der Waals surface area (Å²) in [6, 6.07) is 1.72. The van der Waals surface area contributed by atoms with Crippen molar-refractivity contribution in [2.24, 2.45) is 0 Å². The minimum Gasteiger partial charge on any atom is -0.481 e. The van der Waals surface area contributed by atoms with Crippen LogP contribution in [0, 0.1) is 0 Å². The second-order valence-corrected chi connectivity index (χ2v) is 4.84. The predicted molar refractivity (Wildman–Crippen MR) is 78.5 cm³/mol. The normalized spacial score (nSPS) is 16.7. The summed E-state index contributed by atoms with van der Waals surface area (Å²) in [4.78, 5) is 24.7. The zero-order valence-electron chi connectivity index (χ0n) is 12.8. The molecule has 0 aliphatic carbocycles. The van der Waals surface area contributed by atoms with E-state index in [2.05, 4.69) is 14.9 Å². The van der Waals surface area contributed by atoms with Crippen LogP contribution in [0.4, 0.5) is 5.95 Å². The molecule has 0 radical (unpaired) electrons. The molecule has 1 aliphatic rings. The zero-order valence-corrected chi connectivity index (χ0v) is 12.8. The molecular formula is C14H22N4O3. The number of nitrogens with zero attached hydrogens (tertiary/aromatic N) is 4. The maximum absolute atomic E-state index is 12.2. The first-order valence-electron chi connectivity index (χ1n) is 7.13. The summed E-state index contributed by atoms with van der Waals surface area (Å²) < 4.78 is 10.3. The first kappa shape index (κ1) is 15.5. The van der Waals surface area contributed by atoms with Crippen LogP contribution in [0.25, 0.3) is 0 Å². The molecule has 0 spiro atoms. The topological polar surface area (TPSA) is 67.8 Å². The van der Waals surface area contributed by atoms with Crippen molar-refractivity contribution in [3.05, 3.63) is 12.3 Å². The summed E-state index contributed by atoms with van der Waals surface area (Å²) in [7, 11) is 3.16. The first-order valence-corrected chi connectivity index (χ1v) is 7.13. The quantitative estimate of drug-likeness (QED) is 0.790. The number of anilines is 1. The smallest absolute Gasteiger partial charge is 0.251 e. The van der Waals surface area contributed by atoms with Crippen molar-refractivity contribution >= 4 is 11.9 Å². The van der Waals surface area contributed by atoms with E-state index in [0.29, 0.717) is 44.4 Å². The molecule has 1 amide bonds. The number of carbonyl (C=O) groups excluding carboxylic acids is 1. The number of rotatable bonds is 5. The lowest BCUT2D eigenvalue weighted by Gasteiger charge is -2.36. The van der Waals surface area contributed by atoms with Gasteiger partial charge >= 0.3 is 0 Å². The van der Waals surface area contributed by atoms with E-state index < -0.39 is 0 Å². The maximum atomic E-state index is 12.2. The number of hydrogen-bond donors (Lipinski definition) is 0. The van der Waals surface area contributed by atoms with Crippen LogP contribution in [0.3, 0.4) is 0 Å². The summed E-state index contributed by atoms with van der Waals surface area (Å²) in [6.07, 6.45) is 2.02. The molecule has 1 saturated heterocycles. The van der Waals surface area contributed by atoms with Crippen LogP contribution in [0.5, 0.6) is 5.88 Å². The summed E-state index contributed by atoms with van der Waals surface area (Å²) in [5.41, 5.74) is 0. The fraction of sp³-hybridized carbons (Fsp3) is 0.643. The van der Waals surface area contributed by atoms with Crippen molar-refractivity contribution in [2.45, 2.75) is 19.4 Å². The molecule has 1 atom stereocenters. The van der Waals surface area contributed by atoms with Crippen molar-refractivity contribution in [1.82, 2.24) is 14.9 Å². The molecule has 0 N–H and O–H groups in total. The Bertz CT molecular complexity index is 471. The highest BCUT2D eigenvalue weighted by Crippen LogP contribution is 2.15. The van der Waals surface area contributed by atoms with Crippen LogP contribution in [0.2, 0.25) is 0 Å². The number of carbonyl (C=O) groups is 1. The summed E-state index contributed by atoms with van der Waals surface area (Å²) in [5, 5.41) is 0. The van der Waals surface area contributed by atoms with E-state index >= 15 is 0 Å². The number of piperazine rings is 1. The highest BCUT2D eigenvalue weighted by atomic mass is 16.5. The minimum atomic E-state index is -0.343. The van der Waals surface area contributed by atoms with Gasteiger partial charge in [0, 0.05) is 45.6 Å². The van der Waals surface area contributed by atoms with Crippen LogP contribution < -0.4 is 9.64 Å². The van der Waals surface area contributed by atoms with Crippen LogP contribution in [0.1, 0.15) is 13.3 Å². The van der Waals surface area contributed by atoms with Gasteiger partial charge in [-0.2, -0.15) is 4.98 Å². The molecule has 1 fully saturated rings. The minimum absolute atomic E-state index is 0.0613. The highest BCUT2D eigenvalue weighted by molar-refractivity contribution is 5.81. The Balaban J connectivity index is 1.95. The van der Waals surface area contributed by atoms with Gasteiger partial charge in [0.2, 0.25) is 11.8 Å². The Morgan fingerprint density at radius 2 is 2.05 bits per heavy atom. The van der Waals surface area contributed by atoms with E-state index in [0.717, 1.165) is 0 Å². The lowest BCUT2D eigenvalue weighted by atomic mass is 10.2. The Morgan fingerprint density at radius 3 is 2.62 bits per heavy atom. The van der Waals surface area contributed by atoms with Crippen LogP contribution in [-0.2, 0) is 9.53 Å². The van der Waals surface area contributed by atoms with Gasteiger partial charge in [0.15, 0.2) is 0 Å². The average Bonchev–Trinajstić information content (AvgIpc) is 2.56. The Morgan fingerprint density at radius 1 is 1.33 bits per heavy atom. The molecule has 116 valence electrons. The van der Waals surface area contributed by atoms with Gasteiger partial charge in [-0.1, -0.05) is 6.92 Å². The van der Waals surface area contributed by atoms with E-state index in [4.69, 9.17) is 9.47 Å². The monoisotopic (exact) mass is 294 g/mol. The van der Waals surface area contributed by atoms with Crippen LogP contribution in [0.15, 0.2) is 12.3 Å². The highest BCUT2D eigenvalue weighted by Gasteiger charge is 2.27. The van der Waals surface area contributed by atoms with Crippen LogP contribution in [-0.4, -0.2) is 67.3 Å². The lowest BCUT2D eigenvalue weighted by Crippen LogP contribution is -2.52. The Kier molecular flexibility index (Phi) is 5.32. The summed E-state index contributed by atoms with van der Waals surface area (Å²) in [5.74, 6) is 1.25. The van der Waals surface area contributed by atoms with E-state index in [1.807, 2.05) is 11.8 Å². The van der Waals surface area contributed by atoms with E-state index in [1.165, 1.54) is 0 Å². The van der Waals surface area contributed by atoms with Gasteiger partial charge in [-0.05, 0) is 6.42 Å².